The van der Waals surface area contributed by atoms with Gasteiger partial charge in [-0.2, -0.15) is 0 Å². The van der Waals surface area contributed by atoms with Crippen LogP contribution in [0.2, 0.25) is 0 Å². The zero-order valence-corrected chi connectivity index (χ0v) is 21.3. The summed E-state index contributed by atoms with van der Waals surface area (Å²) in [6, 6.07) is 17.7. The van der Waals surface area contributed by atoms with Gasteiger partial charge < -0.3 is 10.6 Å². The SMILES string of the molecule is Cc1cccc(-n2c(CNC(=O)c3cccc([N+](=O)[O-])c3C)nnc2SCC(=O)Nc2ccccc2F)c1. The fourth-order valence-corrected chi connectivity index (χ4v) is 4.51. The summed E-state index contributed by atoms with van der Waals surface area (Å²) in [4.78, 5) is 36.0. The number of hydrogen-bond acceptors (Lipinski definition) is 7. The molecule has 2 N–H and O–H groups in total. The summed E-state index contributed by atoms with van der Waals surface area (Å²) in [6.07, 6.45) is 0. The van der Waals surface area contributed by atoms with Gasteiger partial charge in [0.15, 0.2) is 11.0 Å². The lowest BCUT2D eigenvalue weighted by atomic mass is 10.1. The number of carbonyl (C=O) groups is 2. The van der Waals surface area contributed by atoms with E-state index in [1.165, 1.54) is 43.3 Å². The van der Waals surface area contributed by atoms with E-state index < -0.39 is 22.6 Å². The van der Waals surface area contributed by atoms with Gasteiger partial charge in [-0.3, -0.25) is 24.3 Å². The maximum Gasteiger partial charge on any atom is 0.273 e. The maximum atomic E-state index is 13.9. The van der Waals surface area contributed by atoms with Gasteiger partial charge in [-0.05, 0) is 49.7 Å². The average molecular weight is 535 g/mol. The zero-order valence-electron chi connectivity index (χ0n) is 20.5. The lowest BCUT2D eigenvalue weighted by Gasteiger charge is -2.12. The zero-order chi connectivity index (χ0) is 27.2. The van der Waals surface area contributed by atoms with Crippen molar-refractivity contribution < 1.29 is 18.9 Å². The van der Waals surface area contributed by atoms with E-state index in [2.05, 4.69) is 20.8 Å². The Labute approximate surface area is 221 Å². The Kier molecular flexibility index (Phi) is 8.12. The number of carbonyl (C=O) groups excluding carboxylic acids is 2. The molecule has 1 aromatic heterocycles. The molecule has 4 aromatic rings. The Bertz CT molecular complexity index is 1520. The quantitative estimate of drug-likeness (QED) is 0.182. The number of para-hydroxylation sites is 1. The van der Waals surface area contributed by atoms with E-state index in [4.69, 9.17) is 0 Å². The van der Waals surface area contributed by atoms with E-state index in [-0.39, 0.29) is 34.8 Å². The molecule has 0 aliphatic carbocycles. The summed E-state index contributed by atoms with van der Waals surface area (Å²) in [5.74, 6) is -1.12. The Hall–Kier alpha value is -4.58. The van der Waals surface area contributed by atoms with E-state index in [9.17, 15) is 24.1 Å². The first kappa shape index (κ1) is 26.5. The molecule has 0 atom stereocenters. The van der Waals surface area contributed by atoms with Gasteiger partial charge in [-0.1, -0.05) is 42.1 Å². The number of halogens is 1. The average Bonchev–Trinajstić information content (AvgIpc) is 3.30. The number of hydrogen-bond donors (Lipinski definition) is 2. The number of thioether (sulfide) groups is 1. The molecule has 0 aliphatic rings. The van der Waals surface area contributed by atoms with Gasteiger partial charge in [0.2, 0.25) is 5.91 Å². The molecule has 3 aromatic carbocycles. The van der Waals surface area contributed by atoms with Crippen LogP contribution in [0.25, 0.3) is 5.69 Å². The second-order valence-electron chi connectivity index (χ2n) is 8.28. The van der Waals surface area contributed by atoms with Crippen molar-refractivity contribution in [2.45, 2.75) is 25.5 Å². The van der Waals surface area contributed by atoms with Gasteiger partial charge >= 0.3 is 0 Å². The van der Waals surface area contributed by atoms with Crippen LogP contribution in [0.3, 0.4) is 0 Å². The molecule has 4 rings (SSSR count). The van der Waals surface area contributed by atoms with Gasteiger partial charge in [-0.25, -0.2) is 4.39 Å². The van der Waals surface area contributed by atoms with Crippen LogP contribution >= 0.6 is 11.8 Å². The minimum atomic E-state index is -0.536. The van der Waals surface area contributed by atoms with Crippen molar-refractivity contribution in [2.24, 2.45) is 0 Å². The molecular formula is C26H23FN6O4S. The topological polar surface area (TPSA) is 132 Å². The molecule has 12 heteroatoms. The standard InChI is InChI=1S/C26H23FN6O4S/c1-16-7-5-8-18(13-16)32-23(14-28-25(35)19-9-6-12-22(17(19)2)33(36)37)30-31-26(32)38-15-24(34)29-21-11-4-3-10-20(21)27/h3-13H,14-15H2,1-2H3,(H,28,35)(H,29,34). The number of nitro benzene ring substituents is 1. The van der Waals surface area contributed by atoms with Gasteiger partial charge in [0.05, 0.1) is 22.9 Å². The highest BCUT2D eigenvalue weighted by atomic mass is 32.2. The minimum absolute atomic E-state index is 0.0239. The summed E-state index contributed by atoms with van der Waals surface area (Å²) >= 11 is 1.11. The van der Waals surface area contributed by atoms with Crippen LogP contribution in [0.4, 0.5) is 15.8 Å². The molecular weight excluding hydrogens is 511 g/mol. The Morgan fingerprint density at radius 1 is 1.05 bits per heavy atom. The Morgan fingerprint density at radius 2 is 1.82 bits per heavy atom. The molecule has 2 amide bonds. The third-order valence-electron chi connectivity index (χ3n) is 5.59. The van der Waals surface area contributed by atoms with Crippen molar-refractivity contribution >= 4 is 35.0 Å². The molecule has 0 spiro atoms. The first-order valence-corrected chi connectivity index (χ1v) is 12.4. The lowest BCUT2D eigenvalue weighted by Crippen LogP contribution is -2.25. The molecule has 0 fully saturated rings. The third kappa shape index (κ3) is 6.03. The highest BCUT2D eigenvalue weighted by molar-refractivity contribution is 7.99. The van der Waals surface area contributed by atoms with E-state index in [0.717, 1.165) is 23.0 Å². The van der Waals surface area contributed by atoms with Crippen LogP contribution in [-0.2, 0) is 11.3 Å². The lowest BCUT2D eigenvalue weighted by molar-refractivity contribution is -0.385. The first-order valence-electron chi connectivity index (χ1n) is 11.5. The number of aryl methyl sites for hydroxylation is 1. The van der Waals surface area contributed by atoms with Crippen LogP contribution < -0.4 is 10.6 Å². The smallest absolute Gasteiger partial charge is 0.273 e. The fourth-order valence-electron chi connectivity index (χ4n) is 3.74. The second kappa shape index (κ2) is 11.6. The summed E-state index contributed by atoms with van der Waals surface area (Å²) in [5, 5.41) is 25.3. The second-order valence-corrected chi connectivity index (χ2v) is 9.22. The molecule has 0 saturated heterocycles. The fraction of sp³-hybridized carbons (Fsp3) is 0.154. The summed E-state index contributed by atoms with van der Waals surface area (Å²) < 4.78 is 15.6. The van der Waals surface area contributed by atoms with Crippen LogP contribution in [0.15, 0.2) is 71.9 Å². The van der Waals surface area contributed by atoms with E-state index in [0.29, 0.717) is 11.0 Å². The van der Waals surface area contributed by atoms with Crippen LogP contribution in [-0.4, -0.2) is 37.3 Å². The third-order valence-corrected chi connectivity index (χ3v) is 6.52. The predicted molar refractivity (Wildman–Crippen MR) is 141 cm³/mol. The predicted octanol–water partition coefficient (Wildman–Crippen LogP) is 4.59. The number of nitro groups is 1. The normalized spacial score (nSPS) is 10.7. The van der Waals surface area contributed by atoms with Gasteiger partial charge in [0, 0.05) is 22.9 Å². The van der Waals surface area contributed by atoms with Crippen LogP contribution in [0.1, 0.15) is 27.3 Å². The van der Waals surface area contributed by atoms with E-state index in [1.54, 1.807) is 10.6 Å². The van der Waals surface area contributed by atoms with Crippen molar-refractivity contribution in [3.63, 3.8) is 0 Å². The van der Waals surface area contributed by atoms with E-state index in [1.807, 2.05) is 31.2 Å². The number of anilines is 1. The van der Waals surface area contributed by atoms with Gasteiger partial charge in [-0.15, -0.1) is 10.2 Å². The number of amides is 2. The minimum Gasteiger partial charge on any atom is -0.345 e. The van der Waals surface area contributed by atoms with Crippen molar-refractivity contribution in [3.05, 3.63) is 105 Å². The largest absolute Gasteiger partial charge is 0.345 e. The molecule has 0 saturated carbocycles. The van der Waals surface area contributed by atoms with Crippen molar-refractivity contribution in [3.8, 4) is 5.69 Å². The molecule has 194 valence electrons. The summed E-state index contributed by atoms with van der Waals surface area (Å²) in [6.45, 7) is 3.42. The van der Waals surface area contributed by atoms with E-state index >= 15 is 0 Å². The van der Waals surface area contributed by atoms with Gasteiger partial charge in [0.25, 0.3) is 11.6 Å². The van der Waals surface area contributed by atoms with Crippen LogP contribution in [0, 0.1) is 29.8 Å². The van der Waals surface area contributed by atoms with Crippen LogP contribution in [0.5, 0.6) is 0 Å². The maximum absolute atomic E-state index is 13.9. The molecule has 0 radical (unpaired) electrons. The Balaban J connectivity index is 1.54. The van der Waals surface area contributed by atoms with Crippen molar-refractivity contribution in [2.75, 3.05) is 11.1 Å². The number of nitrogens with one attached hydrogen (secondary N) is 2. The number of benzene rings is 3. The van der Waals surface area contributed by atoms with Crippen molar-refractivity contribution in [1.82, 2.24) is 20.1 Å². The first-order chi connectivity index (χ1) is 18.2. The van der Waals surface area contributed by atoms with Crippen molar-refractivity contribution in [1.29, 1.82) is 0 Å². The molecule has 10 nitrogen and oxygen atoms in total. The molecule has 38 heavy (non-hydrogen) atoms. The van der Waals surface area contributed by atoms with Gasteiger partial charge in [0.1, 0.15) is 5.82 Å². The molecule has 1 heterocycles. The number of nitrogens with zero attached hydrogens (tertiary/aromatic N) is 4. The molecule has 0 bridgehead atoms. The summed E-state index contributed by atoms with van der Waals surface area (Å²) in [5.41, 5.74) is 2.08. The molecule has 0 aliphatic heterocycles. The number of rotatable bonds is 9. The highest BCUT2D eigenvalue weighted by Gasteiger charge is 2.20. The summed E-state index contributed by atoms with van der Waals surface area (Å²) in [7, 11) is 0. The number of aromatic nitrogens is 3. The monoisotopic (exact) mass is 534 g/mol. The Morgan fingerprint density at radius 3 is 2.55 bits per heavy atom. The molecule has 0 unspecified atom stereocenters. The highest BCUT2D eigenvalue weighted by Crippen LogP contribution is 2.24.